The van der Waals surface area contributed by atoms with Gasteiger partial charge in [0.05, 0.1) is 10.9 Å². The number of aromatic nitrogens is 4. The Kier molecular flexibility index (Phi) is 7.07. The number of fused-ring (bicyclic) bond motifs is 1. The molecule has 10 nitrogen and oxygen atoms in total. The minimum atomic E-state index is -0.693. The lowest BCUT2D eigenvalue weighted by atomic mass is 10.1. The molecule has 0 aromatic carbocycles. The quantitative estimate of drug-likeness (QED) is 0.444. The molecule has 0 bridgehead atoms. The molecule has 0 aliphatic carbocycles. The first-order valence-electron chi connectivity index (χ1n) is 12.2. The van der Waals surface area contributed by atoms with Crippen LogP contribution in [0.25, 0.3) is 16.9 Å². The molecule has 11 heteroatoms. The fraction of sp³-hybridized carbons (Fsp3) is 0.500. The Morgan fingerprint density at radius 1 is 1.03 bits per heavy atom. The monoisotopic (exact) mass is 528 g/mol. The molecule has 3 aromatic heterocycles. The number of hydrogen-bond donors (Lipinski definition) is 0. The summed E-state index contributed by atoms with van der Waals surface area (Å²) in [4.78, 5) is 43.3. The molecule has 4 rings (SSSR count). The Hall–Kier alpha value is -3.40. The van der Waals surface area contributed by atoms with E-state index >= 15 is 0 Å². The van der Waals surface area contributed by atoms with Gasteiger partial charge in [0.15, 0.2) is 5.65 Å². The average molecular weight is 529 g/mol. The number of carbonyl (C=O) groups is 2. The maximum absolute atomic E-state index is 13.4. The molecule has 1 unspecified atom stereocenters. The van der Waals surface area contributed by atoms with E-state index in [1.807, 2.05) is 48.5 Å². The van der Waals surface area contributed by atoms with Gasteiger partial charge in [-0.15, -0.1) is 0 Å². The highest BCUT2D eigenvalue weighted by molar-refractivity contribution is 6.30. The van der Waals surface area contributed by atoms with E-state index in [0.717, 1.165) is 0 Å². The smallest absolute Gasteiger partial charge is 0.410 e. The summed E-state index contributed by atoms with van der Waals surface area (Å²) in [5.74, 6) is 0.608. The number of anilines is 1. The minimum Gasteiger partial charge on any atom is -0.456 e. The van der Waals surface area contributed by atoms with E-state index in [4.69, 9.17) is 21.1 Å². The third-order valence-corrected chi connectivity index (χ3v) is 5.92. The number of halogens is 1. The van der Waals surface area contributed by atoms with Crippen LogP contribution in [0.2, 0.25) is 5.02 Å². The molecule has 1 fully saturated rings. The lowest BCUT2D eigenvalue weighted by Gasteiger charge is -2.41. The van der Waals surface area contributed by atoms with E-state index in [1.54, 1.807) is 34.0 Å². The molecule has 1 saturated heterocycles. The van der Waals surface area contributed by atoms with Crippen molar-refractivity contribution in [2.24, 2.45) is 0 Å². The minimum absolute atomic E-state index is 0.0986. The predicted molar refractivity (Wildman–Crippen MR) is 141 cm³/mol. The molecule has 0 spiro atoms. The Balaban J connectivity index is 1.77. The predicted octanol–water partition coefficient (Wildman–Crippen LogP) is 4.87. The fourth-order valence-corrected chi connectivity index (χ4v) is 4.37. The van der Waals surface area contributed by atoms with Gasteiger partial charge in [-0.3, -0.25) is 4.57 Å². The molecule has 4 heterocycles. The van der Waals surface area contributed by atoms with Crippen LogP contribution in [0.4, 0.5) is 10.6 Å². The number of esters is 1. The summed E-state index contributed by atoms with van der Waals surface area (Å²) >= 11 is 6.23. The van der Waals surface area contributed by atoms with E-state index in [9.17, 15) is 9.59 Å². The van der Waals surface area contributed by atoms with Crippen LogP contribution in [-0.2, 0) is 9.47 Å². The first-order valence-corrected chi connectivity index (χ1v) is 12.6. The maximum Gasteiger partial charge on any atom is 0.410 e. The van der Waals surface area contributed by atoms with Crippen molar-refractivity contribution in [1.29, 1.82) is 0 Å². The molecule has 198 valence electrons. The molecule has 1 aliphatic heterocycles. The fourth-order valence-electron chi connectivity index (χ4n) is 4.22. The van der Waals surface area contributed by atoms with E-state index in [2.05, 4.69) is 19.9 Å². The van der Waals surface area contributed by atoms with Crippen LogP contribution in [0.3, 0.4) is 0 Å². The molecule has 1 aliphatic rings. The van der Waals surface area contributed by atoms with Gasteiger partial charge in [-0.05, 0) is 54.5 Å². The van der Waals surface area contributed by atoms with Gasteiger partial charge < -0.3 is 19.3 Å². The van der Waals surface area contributed by atoms with Crippen molar-refractivity contribution >= 4 is 40.5 Å². The van der Waals surface area contributed by atoms with Crippen LogP contribution in [-0.4, -0.2) is 73.4 Å². The van der Waals surface area contributed by atoms with Crippen LogP contribution >= 0.6 is 11.6 Å². The van der Waals surface area contributed by atoms with Crippen LogP contribution in [0, 0.1) is 0 Å². The van der Waals surface area contributed by atoms with Gasteiger partial charge in [0.25, 0.3) is 0 Å². The highest BCUT2D eigenvalue weighted by atomic mass is 35.5. The molecular formula is C26H33ClN6O4. The second-order valence-corrected chi connectivity index (χ2v) is 11.5. The zero-order valence-electron chi connectivity index (χ0n) is 22.3. The lowest BCUT2D eigenvalue weighted by Crippen LogP contribution is -2.54. The first kappa shape index (κ1) is 26.7. The van der Waals surface area contributed by atoms with Gasteiger partial charge >= 0.3 is 12.1 Å². The highest BCUT2D eigenvalue weighted by Crippen LogP contribution is 2.33. The summed E-state index contributed by atoms with van der Waals surface area (Å²) in [7, 11) is 0. The van der Waals surface area contributed by atoms with Crippen molar-refractivity contribution in [2.45, 2.75) is 65.7 Å². The summed E-state index contributed by atoms with van der Waals surface area (Å²) in [5.41, 5.74) is -0.441. The van der Waals surface area contributed by atoms with Crippen molar-refractivity contribution < 1.29 is 19.1 Å². The highest BCUT2D eigenvalue weighted by Gasteiger charge is 2.33. The van der Waals surface area contributed by atoms with Crippen molar-refractivity contribution in [3.05, 3.63) is 41.4 Å². The van der Waals surface area contributed by atoms with Gasteiger partial charge in [0, 0.05) is 49.2 Å². The zero-order chi connectivity index (χ0) is 27.1. The summed E-state index contributed by atoms with van der Waals surface area (Å²) in [6.45, 7) is 14.4. The van der Waals surface area contributed by atoms with Gasteiger partial charge in [0.2, 0.25) is 0 Å². The number of rotatable bonds is 3. The SMILES string of the molecule is CC1CN(C(=O)OC(C)(C)C)CCN1c1ncnc2c1c(C(=O)OC(C)(C)C)cn2-c1cc(Cl)ccn1. The second-order valence-electron chi connectivity index (χ2n) is 11.1. The number of carbonyl (C=O) groups excluding carboxylic acids is 2. The molecule has 1 atom stereocenters. The Bertz CT molecular complexity index is 1330. The van der Waals surface area contributed by atoms with E-state index in [0.29, 0.717) is 52.9 Å². The van der Waals surface area contributed by atoms with Gasteiger partial charge in [0.1, 0.15) is 29.2 Å². The van der Waals surface area contributed by atoms with Crippen LogP contribution in [0.1, 0.15) is 58.8 Å². The average Bonchev–Trinajstić information content (AvgIpc) is 3.17. The third-order valence-electron chi connectivity index (χ3n) is 5.69. The zero-order valence-corrected chi connectivity index (χ0v) is 23.0. The van der Waals surface area contributed by atoms with Crippen LogP contribution in [0.15, 0.2) is 30.9 Å². The Morgan fingerprint density at radius 2 is 1.73 bits per heavy atom. The lowest BCUT2D eigenvalue weighted by molar-refractivity contribution is 0.00711. The Labute approximate surface area is 221 Å². The number of nitrogens with zero attached hydrogens (tertiary/aromatic N) is 6. The summed E-state index contributed by atoms with van der Waals surface area (Å²) in [5, 5.41) is 1.06. The van der Waals surface area contributed by atoms with Crippen molar-refractivity contribution in [3.63, 3.8) is 0 Å². The number of ether oxygens (including phenoxy) is 2. The first-order chi connectivity index (χ1) is 17.2. The van der Waals surface area contributed by atoms with E-state index in [-0.39, 0.29) is 12.1 Å². The van der Waals surface area contributed by atoms with Gasteiger partial charge in [-0.1, -0.05) is 11.6 Å². The molecule has 0 saturated carbocycles. The normalized spacial score (nSPS) is 16.7. The molecular weight excluding hydrogens is 496 g/mol. The summed E-state index contributed by atoms with van der Waals surface area (Å²) in [6, 6.07) is 3.28. The number of pyridine rings is 1. The summed E-state index contributed by atoms with van der Waals surface area (Å²) in [6.07, 6.45) is 4.37. The molecule has 0 radical (unpaired) electrons. The van der Waals surface area contributed by atoms with Crippen molar-refractivity contribution in [2.75, 3.05) is 24.5 Å². The molecule has 1 amide bonds. The van der Waals surface area contributed by atoms with Gasteiger partial charge in [-0.2, -0.15) is 0 Å². The topological polar surface area (TPSA) is 103 Å². The van der Waals surface area contributed by atoms with E-state index in [1.165, 1.54) is 6.33 Å². The molecule has 3 aromatic rings. The van der Waals surface area contributed by atoms with E-state index < -0.39 is 17.2 Å². The summed E-state index contributed by atoms with van der Waals surface area (Å²) < 4.78 is 13.0. The van der Waals surface area contributed by atoms with Crippen LogP contribution in [0.5, 0.6) is 0 Å². The number of amides is 1. The number of piperazine rings is 1. The maximum atomic E-state index is 13.4. The van der Waals surface area contributed by atoms with Crippen LogP contribution < -0.4 is 4.90 Å². The third kappa shape index (κ3) is 5.95. The largest absolute Gasteiger partial charge is 0.456 e. The van der Waals surface area contributed by atoms with Gasteiger partial charge in [-0.25, -0.2) is 24.5 Å². The Morgan fingerprint density at radius 3 is 2.35 bits per heavy atom. The van der Waals surface area contributed by atoms with Crippen molar-refractivity contribution in [3.8, 4) is 5.82 Å². The van der Waals surface area contributed by atoms with Crippen molar-refractivity contribution in [1.82, 2.24) is 24.4 Å². The number of hydrogen-bond acceptors (Lipinski definition) is 8. The molecule has 0 N–H and O–H groups in total. The standard InChI is InChI=1S/C26H33ClN6O4/c1-16-13-31(24(35)37-26(5,6)7)10-11-32(16)21-20-18(23(34)36-25(2,3)4)14-33(22(20)30-15-29-21)19-12-17(27)8-9-28-19/h8-9,12,14-16H,10-11,13H2,1-7H3. The second kappa shape index (κ2) is 9.81. The molecule has 37 heavy (non-hydrogen) atoms.